The van der Waals surface area contributed by atoms with Crippen LogP contribution in [-0.4, -0.2) is 25.1 Å². The molecule has 3 heteroatoms. The maximum atomic E-state index is 3.58. The standard InChI is InChI=1S/C16H26BrNS/c1-3-10-18-13-15(5-4-11-19-2)12-14-6-8-16(17)9-7-14/h6-9,15,18H,3-5,10-13H2,1-2H3. The smallest absolute Gasteiger partial charge is 0.0175 e. The van der Waals surface area contributed by atoms with E-state index in [9.17, 15) is 0 Å². The first-order valence-electron chi connectivity index (χ1n) is 7.20. The molecule has 0 aromatic heterocycles. The summed E-state index contributed by atoms with van der Waals surface area (Å²) in [5.41, 5.74) is 1.45. The van der Waals surface area contributed by atoms with Gasteiger partial charge in [0.05, 0.1) is 0 Å². The van der Waals surface area contributed by atoms with Crippen LogP contribution >= 0.6 is 27.7 Å². The van der Waals surface area contributed by atoms with Crippen molar-refractivity contribution in [3.05, 3.63) is 34.3 Å². The summed E-state index contributed by atoms with van der Waals surface area (Å²) in [5, 5.41) is 3.58. The number of thioether (sulfide) groups is 1. The van der Waals surface area contributed by atoms with Crippen molar-refractivity contribution in [1.82, 2.24) is 5.32 Å². The molecular formula is C16H26BrNS. The highest BCUT2D eigenvalue weighted by molar-refractivity contribution is 9.10. The third-order valence-electron chi connectivity index (χ3n) is 3.26. The number of hydrogen-bond donors (Lipinski definition) is 1. The SMILES string of the molecule is CCCNCC(CCCSC)Cc1ccc(Br)cc1. The zero-order valence-corrected chi connectivity index (χ0v) is 14.5. The van der Waals surface area contributed by atoms with Gasteiger partial charge in [-0.2, -0.15) is 11.8 Å². The predicted molar refractivity (Wildman–Crippen MR) is 92.1 cm³/mol. The minimum Gasteiger partial charge on any atom is -0.316 e. The third kappa shape index (κ3) is 8.01. The monoisotopic (exact) mass is 343 g/mol. The van der Waals surface area contributed by atoms with Crippen molar-refractivity contribution in [1.29, 1.82) is 0 Å². The Hall–Kier alpha value is 0.01000. The molecule has 0 saturated heterocycles. The van der Waals surface area contributed by atoms with E-state index in [1.165, 1.54) is 41.5 Å². The molecule has 0 aliphatic rings. The molecule has 0 aliphatic carbocycles. The molecule has 1 unspecified atom stereocenters. The van der Waals surface area contributed by atoms with Crippen LogP contribution in [0.25, 0.3) is 0 Å². The molecule has 0 aliphatic heterocycles. The Bertz CT molecular complexity index is 316. The fourth-order valence-corrected chi connectivity index (χ4v) is 2.95. The number of benzene rings is 1. The van der Waals surface area contributed by atoms with Gasteiger partial charge in [-0.1, -0.05) is 35.0 Å². The zero-order chi connectivity index (χ0) is 13.9. The lowest BCUT2D eigenvalue weighted by atomic mass is 9.95. The number of nitrogens with one attached hydrogen (secondary N) is 1. The van der Waals surface area contributed by atoms with Crippen molar-refractivity contribution >= 4 is 27.7 Å². The number of rotatable bonds is 10. The summed E-state index contributed by atoms with van der Waals surface area (Å²) >= 11 is 5.45. The number of halogens is 1. The van der Waals surface area contributed by atoms with E-state index >= 15 is 0 Å². The van der Waals surface area contributed by atoms with Gasteiger partial charge in [0.15, 0.2) is 0 Å². The Morgan fingerprint density at radius 1 is 1.26 bits per heavy atom. The van der Waals surface area contributed by atoms with Crippen molar-refractivity contribution in [2.75, 3.05) is 25.1 Å². The van der Waals surface area contributed by atoms with E-state index in [0.717, 1.165) is 19.0 Å². The Kier molecular flexibility index (Phi) is 9.66. The first-order valence-corrected chi connectivity index (χ1v) is 9.39. The van der Waals surface area contributed by atoms with Crippen LogP contribution in [0.3, 0.4) is 0 Å². The lowest BCUT2D eigenvalue weighted by Gasteiger charge is -2.17. The summed E-state index contributed by atoms with van der Waals surface area (Å²) in [4.78, 5) is 0. The molecule has 108 valence electrons. The van der Waals surface area contributed by atoms with Gasteiger partial charge in [-0.15, -0.1) is 0 Å². The summed E-state index contributed by atoms with van der Waals surface area (Å²) in [6.07, 6.45) is 7.26. The zero-order valence-electron chi connectivity index (χ0n) is 12.1. The fraction of sp³-hybridized carbons (Fsp3) is 0.625. The largest absolute Gasteiger partial charge is 0.316 e. The second-order valence-corrected chi connectivity index (χ2v) is 6.94. The highest BCUT2D eigenvalue weighted by atomic mass is 79.9. The first kappa shape index (κ1) is 17.1. The van der Waals surface area contributed by atoms with Crippen LogP contribution in [0.5, 0.6) is 0 Å². The van der Waals surface area contributed by atoms with E-state index in [0.29, 0.717) is 0 Å². The van der Waals surface area contributed by atoms with Gasteiger partial charge in [-0.25, -0.2) is 0 Å². The first-order chi connectivity index (χ1) is 9.26. The molecule has 0 amide bonds. The molecule has 0 spiro atoms. The van der Waals surface area contributed by atoms with E-state index in [-0.39, 0.29) is 0 Å². The Morgan fingerprint density at radius 3 is 2.63 bits per heavy atom. The van der Waals surface area contributed by atoms with E-state index in [1.54, 1.807) is 0 Å². The molecule has 1 aromatic rings. The second-order valence-electron chi connectivity index (χ2n) is 5.04. The van der Waals surface area contributed by atoms with Crippen LogP contribution in [-0.2, 0) is 6.42 Å². The maximum Gasteiger partial charge on any atom is 0.0175 e. The second kappa shape index (κ2) is 10.8. The van der Waals surface area contributed by atoms with Gasteiger partial charge in [0.2, 0.25) is 0 Å². The van der Waals surface area contributed by atoms with Gasteiger partial charge in [0.1, 0.15) is 0 Å². The molecule has 19 heavy (non-hydrogen) atoms. The van der Waals surface area contributed by atoms with Gasteiger partial charge in [0.25, 0.3) is 0 Å². The molecular weight excluding hydrogens is 318 g/mol. The van der Waals surface area contributed by atoms with Gasteiger partial charge >= 0.3 is 0 Å². The average molecular weight is 344 g/mol. The Morgan fingerprint density at radius 2 is 2.00 bits per heavy atom. The van der Waals surface area contributed by atoms with Crippen LogP contribution < -0.4 is 5.32 Å². The lowest BCUT2D eigenvalue weighted by Crippen LogP contribution is -2.25. The summed E-state index contributed by atoms with van der Waals surface area (Å²) in [6.45, 7) is 4.52. The van der Waals surface area contributed by atoms with Crippen LogP contribution in [0.4, 0.5) is 0 Å². The summed E-state index contributed by atoms with van der Waals surface area (Å²) in [7, 11) is 0. The molecule has 1 N–H and O–H groups in total. The summed E-state index contributed by atoms with van der Waals surface area (Å²) in [6, 6.07) is 8.78. The quantitative estimate of drug-likeness (QED) is 0.615. The van der Waals surface area contributed by atoms with Crippen molar-refractivity contribution in [2.45, 2.75) is 32.6 Å². The average Bonchev–Trinajstić information content (AvgIpc) is 2.41. The molecule has 1 rings (SSSR count). The van der Waals surface area contributed by atoms with Gasteiger partial charge in [-0.3, -0.25) is 0 Å². The minimum atomic E-state index is 0.764. The fourth-order valence-electron chi connectivity index (χ4n) is 2.23. The van der Waals surface area contributed by atoms with Gasteiger partial charge in [0, 0.05) is 4.47 Å². The molecule has 0 heterocycles. The Labute approximate surface area is 131 Å². The third-order valence-corrected chi connectivity index (χ3v) is 4.48. The molecule has 1 nitrogen and oxygen atoms in total. The molecule has 1 atom stereocenters. The topological polar surface area (TPSA) is 12.0 Å². The van der Waals surface area contributed by atoms with Crippen LogP contribution in [0.2, 0.25) is 0 Å². The van der Waals surface area contributed by atoms with E-state index in [2.05, 4.69) is 58.7 Å². The van der Waals surface area contributed by atoms with Gasteiger partial charge < -0.3 is 5.32 Å². The Balaban J connectivity index is 2.44. The van der Waals surface area contributed by atoms with E-state index in [4.69, 9.17) is 0 Å². The highest BCUT2D eigenvalue weighted by Gasteiger charge is 2.09. The van der Waals surface area contributed by atoms with Crippen LogP contribution in [0.1, 0.15) is 31.7 Å². The molecule has 0 bridgehead atoms. The van der Waals surface area contributed by atoms with Gasteiger partial charge in [-0.05, 0) is 74.4 Å². The van der Waals surface area contributed by atoms with Crippen molar-refractivity contribution in [3.8, 4) is 0 Å². The van der Waals surface area contributed by atoms with Crippen LogP contribution in [0.15, 0.2) is 28.7 Å². The summed E-state index contributed by atoms with van der Waals surface area (Å²) in [5.74, 6) is 2.05. The van der Waals surface area contributed by atoms with E-state index in [1.807, 2.05) is 11.8 Å². The predicted octanol–water partition coefficient (Wildman–Crippen LogP) is 4.75. The van der Waals surface area contributed by atoms with Crippen molar-refractivity contribution < 1.29 is 0 Å². The molecule has 1 aromatic carbocycles. The highest BCUT2D eigenvalue weighted by Crippen LogP contribution is 2.17. The minimum absolute atomic E-state index is 0.764. The van der Waals surface area contributed by atoms with Crippen molar-refractivity contribution in [2.24, 2.45) is 5.92 Å². The lowest BCUT2D eigenvalue weighted by molar-refractivity contribution is 0.440. The molecule has 0 fully saturated rings. The van der Waals surface area contributed by atoms with Crippen molar-refractivity contribution in [3.63, 3.8) is 0 Å². The number of hydrogen-bond acceptors (Lipinski definition) is 2. The van der Waals surface area contributed by atoms with E-state index < -0.39 is 0 Å². The molecule has 0 radical (unpaired) electrons. The summed E-state index contributed by atoms with van der Waals surface area (Å²) < 4.78 is 1.17. The maximum absolute atomic E-state index is 3.58. The molecule has 0 saturated carbocycles. The normalized spacial score (nSPS) is 12.6. The van der Waals surface area contributed by atoms with Crippen LogP contribution in [0, 0.1) is 5.92 Å².